The molecule has 5 nitrogen and oxygen atoms in total. The molecule has 3 rings (SSSR count). The van der Waals surface area contributed by atoms with Gasteiger partial charge in [0.1, 0.15) is 0 Å². The molecule has 23 heavy (non-hydrogen) atoms. The molecule has 0 spiro atoms. The Morgan fingerprint density at radius 2 is 2.13 bits per heavy atom. The summed E-state index contributed by atoms with van der Waals surface area (Å²) >= 11 is 1.43. The molecular weight excluding hydrogens is 308 g/mol. The smallest absolute Gasteiger partial charge is 0.259 e. The van der Waals surface area contributed by atoms with Crippen LogP contribution in [0.25, 0.3) is 0 Å². The molecule has 1 amide bonds. The second kappa shape index (κ2) is 6.34. The Hall–Kier alpha value is -2.47. The van der Waals surface area contributed by atoms with Crippen LogP contribution in [-0.2, 0) is 6.54 Å². The van der Waals surface area contributed by atoms with E-state index in [1.165, 1.54) is 11.3 Å². The second-order valence-electron chi connectivity index (χ2n) is 5.44. The van der Waals surface area contributed by atoms with Gasteiger partial charge in [0, 0.05) is 23.0 Å². The lowest BCUT2D eigenvalue weighted by molar-refractivity contribution is 0.102. The number of pyridine rings is 1. The monoisotopic (exact) mass is 326 g/mol. The molecule has 0 unspecified atom stereocenters. The molecular formula is C17H18N4OS. The topological polar surface area (TPSA) is 59.8 Å². The van der Waals surface area contributed by atoms with E-state index in [0.717, 1.165) is 22.8 Å². The Kier molecular flexibility index (Phi) is 4.25. The van der Waals surface area contributed by atoms with Crippen LogP contribution < -0.4 is 5.32 Å². The second-order valence-corrected chi connectivity index (χ2v) is 6.30. The van der Waals surface area contributed by atoms with Gasteiger partial charge in [-0.15, -0.1) is 11.3 Å². The van der Waals surface area contributed by atoms with Crippen LogP contribution >= 0.6 is 11.3 Å². The van der Waals surface area contributed by atoms with Crippen molar-refractivity contribution in [2.45, 2.75) is 27.3 Å². The molecule has 0 fully saturated rings. The zero-order chi connectivity index (χ0) is 16.4. The van der Waals surface area contributed by atoms with Gasteiger partial charge >= 0.3 is 0 Å². The van der Waals surface area contributed by atoms with Gasteiger partial charge in [-0.05, 0) is 39.0 Å². The van der Waals surface area contributed by atoms with E-state index >= 15 is 0 Å². The summed E-state index contributed by atoms with van der Waals surface area (Å²) in [6.45, 7) is 6.52. The van der Waals surface area contributed by atoms with Gasteiger partial charge < -0.3 is 4.57 Å². The van der Waals surface area contributed by atoms with Crippen LogP contribution in [0.3, 0.4) is 0 Å². The number of nitrogens with one attached hydrogen (secondary N) is 1. The van der Waals surface area contributed by atoms with Gasteiger partial charge in [0.05, 0.1) is 23.5 Å². The molecule has 0 atom stereocenters. The quantitative estimate of drug-likeness (QED) is 0.797. The van der Waals surface area contributed by atoms with E-state index in [9.17, 15) is 4.79 Å². The van der Waals surface area contributed by atoms with E-state index in [1.807, 2.05) is 50.4 Å². The molecule has 0 bridgehead atoms. The Labute approximate surface area is 139 Å². The van der Waals surface area contributed by atoms with Crippen molar-refractivity contribution in [1.29, 1.82) is 0 Å². The molecule has 0 radical (unpaired) electrons. The minimum Gasteiger partial charge on any atom is -0.342 e. The fraction of sp³-hybridized carbons (Fsp3) is 0.235. The number of anilines is 1. The first-order valence-electron chi connectivity index (χ1n) is 7.34. The number of aromatic nitrogens is 3. The fourth-order valence-electron chi connectivity index (χ4n) is 2.50. The SMILES string of the molecule is Cc1csc(NC(=O)c2cc(C)n(Cc3ccccn3)c2C)n1. The molecule has 3 aromatic rings. The number of hydrogen-bond donors (Lipinski definition) is 1. The van der Waals surface area contributed by atoms with E-state index in [2.05, 4.69) is 19.9 Å². The average molecular weight is 326 g/mol. The van der Waals surface area contributed by atoms with Crippen LogP contribution in [0.5, 0.6) is 0 Å². The van der Waals surface area contributed by atoms with Gasteiger partial charge in [0.15, 0.2) is 5.13 Å². The van der Waals surface area contributed by atoms with E-state index < -0.39 is 0 Å². The van der Waals surface area contributed by atoms with Crippen LogP contribution in [0.15, 0.2) is 35.8 Å². The van der Waals surface area contributed by atoms with Gasteiger partial charge in [-0.3, -0.25) is 15.1 Å². The highest BCUT2D eigenvalue weighted by atomic mass is 32.1. The summed E-state index contributed by atoms with van der Waals surface area (Å²) in [5.74, 6) is -0.125. The highest BCUT2D eigenvalue weighted by Crippen LogP contribution is 2.20. The molecule has 0 saturated heterocycles. The van der Waals surface area contributed by atoms with Crippen molar-refractivity contribution in [3.63, 3.8) is 0 Å². The van der Waals surface area contributed by atoms with E-state index in [4.69, 9.17) is 0 Å². The lowest BCUT2D eigenvalue weighted by Crippen LogP contribution is -2.13. The van der Waals surface area contributed by atoms with Crippen molar-refractivity contribution in [3.05, 3.63) is 64.2 Å². The Morgan fingerprint density at radius 3 is 2.78 bits per heavy atom. The summed E-state index contributed by atoms with van der Waals surface area (Å²) in [6.07, 6.45) is 1.78. The van der Waals surface area contributed by atoms with Gasteiger partial charge in [-0.2, -0.15) is 0 Å². The summed E-state index contributed by atoms with van der Waals surface area (Å²) in [7, 11) is 0. The number of rotatable bonds is 4. The molecule has 0 aromatic carbocycles. The molecule has 118 valence electrons. The third-order valence-electron chi connectivity index (χ3n) is 3.70. The molecule has 0 aliphatic heterocycles. The first kappa shape index (κ1) is 15.4. The Balaban J connectivity index is 1.83. The molecule has 1 N–H and O–H groups in total. The van der Waals surface area contributed by atoms with Crippen molar-refractivity contribution in [2.75, 3.05) is 5.32 Å². The molecule has 0 saturated carbocycles. The number of carbonyl (C=O) groups is 1. The van der Waals surface area contributed by atoms with E-state index in [0.29, 0.717) is 17.2 Å². The van der Waals surface area contributed by atoms with Gasteiger partial charge in [0.25, 0.3) is 5.91 Å². The maximum Gasteiger partial charge on any atom is 0.259 e. The molecule has 3 aromatic heterocycles. The average Bonchev–Trinajstić information content (AvgIpc) is 3.06. The van der Waals surface area contributed by atoms with E-state index in [-0.39, 0.29) is 5.91 Å². The number of aryl methyl sites for hydroxylation is 2. The number of nitrogens with zero attached hydrogens (tertiary/aromatic N) is 3. The number of hydrogen-bond acceptors (Lipinski definition) is 4. The number of amides is 1. The minimum absolute atomic E-state index is 0.125. The Morgan fingerprint density at radius 1 is 1.30 bits per heavy atom. The summed E-state index contributed by atoms with van der Waals surface area (Å²) in [4.78, 5) is 21.1. The zero-order valence-electron chi connectivity index (χ0n) is 13.3. The van der Waals surface area contributed by atoms with Crippen molar-refractivity contribution in [3.8, 4) is 0 Å². The van der Waals surface area contributed by atoms with Crippen LogP contribution in [0.1, 0.15) is 33.1 Å². The van der Waals surface area contributed by atoms with Crippen molar-refractivity contribution < 1.29 is 4.79 Å². The third-order valence-corrected chi connectivity index (χ3v) is 4.58. The van der Waals surface area contributed by atoms with Gasteiger partial charge in [-0.1, -0.05) is 6.07 Å². The highest BCUT2D eigenvalue weighted by molar-refractivity contribution is 7.13. The molecule has 0 aliphatic rings. The maximum absolute atomic E-state index is 12.5. The van der Waals surface area contributed by atoms with Crippen molar-refractivity contribution in [1.82, 2.24) is 14.5 Å². The highest BCUT2D eigenvalue weighted by Gasteiger charge is 2.17. The summed E-state index contributed by atoms with van der Waals surface area (Å²) in [6, 6.07) is 7.76. The standard InChI is InChI=1S/C17H18N4OS/c1-11-10-23-17(19-11)20-16(22)15-8-12(2)21(13(15)3)9-14-6-4-5-7-18-14/h4-8,10H,9H2,1-3H3,(H,19,20,22). The lowest BCUT2D eigenvalue weighted by atomic mass is 10.2. The van der Waals surface area contributed by atoms with Crippen molar-refractivity contribution >= 4 is 22.4 Å². The van der Waals surface area contributed by atoms with Gasteiger partial charge in [0.2, 0.25) is 0 Å². The molecule has 6 heteroatoms. The fourth-order valence-corrected chi connectivity index (χ4v) is 3.19. The number of thiazole rings is 1. The summed E-state index contributed by atoms with van der Waals surface area (Å²) < 4.78 is 2.10. The largest absolute Gasteiger partial charge is 0.342 e. The van der Waals surface area contributed by atoms with Crippen LogP contribution in [-0.4, -0.2) is 20.4 Å². The predicted molar refractivity (Wildman–Crippen MR) is 92.0 cm³/mol. The molecule has 3 heterocycles. The van der Waals surface area contributed by atoms with Crippen LogP contribution in [0, 0.1) is 20.8 Å². The van der Waals surface area contributed by atoms with Crippen LogP contribution in [0.2, 0.25) is 0 Å². The first-order valence-corrected chi connectivity index (χ1v) is 8.22. The number of carbonyl (C=O) groups excluding carboxylic acids is 1. The normalized spacial score (nSPS) is 10.7. The summed E-state index contributed by atoms with van der Waals surface area (Å²) in [5.41, 5.74) is 4.52. The molecule has 0 aliphatic carbocycles. The Bertz CT molecular complexity index is 836. The predicted octanol–water partition coefficient (Wildman–Crippen LogP) is 3.57. The maximum atomic E-state index is 12.5. The third kappa shape index (κ3) is 3.32. The van der Waals surface area contributed by atoms with Crippen LogP contribution in [0.4, 0.5) is 5.13 Å². The van der Waals surface area contributed by atoms with E-state index in [1.54, 1.807) is 6.20 Å². The summed E-state index contributed by atoms with van der Waals surface area (Å²) in [5, 5.41) is 5.41. The van der Waals surface area contributed by atoms with Gasteiger partial charge in [-0.25, -0.2) is 4.98 Å². The first-order chi connectivity index (χ1) is 11.0. The van der Waals surface area contributed by atoms with Crippen molar-refractivity contribution in [2.24, 2.45) is 0 Å². The lowest BCUT2D eigenvalue weighted by Gasteiger charge is -2.09. The zero-order valence-corrected chi connectivity index (χ0v) is 14.1. The minimum atomic E-state index is -0.125.